The SMILES string of the molecule is CCOCCN(CC)C(=O)C(C#N)Cc1ccccc1. The molecule has 0 bridgehead atoms. The van der Waals surface area contributed by atoms with E-state index in [1.807, 2.05) is 44.2 Å². The molecule has 1 rings (SSSR count). The summed E-state index contributed by atoms with van der Waals surface area (Å²) in [7, 11) is 0. The van der Waals surface area contributed by atoms with Crippen LogP contribution in [0.2, 0.25) is 0 Å². The highest BCUT2D eigenvalue weighted by Crippen LogP contribution is 2.11. The molecule has 1 unspecified atom stereocenters. The molecule has 4 heteroatoms. The van der Waals surface area contributed by atoms with Crippen molar-refractivity contribution in [2.24, 2.45) is 5.92 Å². The van der Waals surface area contributed by atoms with E-state index in [2.05, 4.69) is 6.07 Å². The van der Waals surface area contributed by atoms with Crippen LogP contribution >= 0.6 is 0 Å². The van der Waals surface area contributed by atoms with Gasteiger partial charge in [-0.15, -0.1) is 0 Å². The van der Waals surface area contributed by atoms with Gasteiger partial charge >= 0.3 is 0 Å². The van der Waals surface area contributed by atoms with Gasteiger partial charge in [-0.1, -0.05) is 30.3 Å². The Morgan fingerprint density at radius 2 is 2.05 bits per heavy atom. The van der Waals surface area contributed by atoms with Crippen LogP contribution in [0.15, 0.2) is 30.3 Å². The fourth-order valence-electron chi connectivity index (χ4n) is 2.00. The molecule has 0 N–H and O–H groups in total. The quantitative estimate of drug-likeness (QED) is 0.683. The summed E-state index contributed by atoms with van der Waals surface area (Å²) in [4.78, 5) is 14.0. The predicted molar refractivity (Wildman–Crippen MR) is 78.0 cm³/mol. The van der Waals surface area contributed by atoms with Crippen molar-refractivity contribution < 1.29 is 9.53 Å². The molecule has 1 aromatic carbocycles. The average Bonchev–Trinajstić information content (AvgIpc) is 2.49. The van der Waals surface area contributed by atoms with Crippen molar-refractivity contribution in [3.63, 3.8) is 0 Å². The number of carbonyl (C=O) groups excluding carboxylic acids is 1. The van der Waals surface area contributed by atoms with Gasteiger partial charge in [0.2, 0.25) is 5.91 Å². The van der Waals surface area contributed by atoms with Crippen molar-refractivity contribution in [3.8, 4) is 6.07 Å². The normalized spacial score (nSPS) is 11.7. The first-order chi connectivity index (χ1) is 9.72. The second-order valence-corrected chi connectivity index (χ2v) is 4.49. The van der Waals surface area contributed by atoms with Crippen LogP contribution in [0.5, 0.6) is 0 Å². The van der Waals surface area contributed by atoms with Gasteiger partial charge in [-0.05, 0) is 25.8 Å². The molecule has 0 fully saturated rings. The number of ether oxygens (including phenoxy) is 1. The molecule has 1 aromatic rings. The van der Waals surface area contributed by atoms with Gasteiger partial charge in [0, 0.05) is 19.7 Å². The zero-order valence-corrected chi connectivity index (χ0v) is 12.2. The van der Waals surface area contributed by atoms with Crippen LogP contribution in [-0.4, -0.2) is 37.1 Å². The number of likely N-dealkylation sites (N-methyl/N-ethyl adjacent to an activating group) is 1. The summed E-state index contributed by atoms with van der Waals surface area (Å²) in [6.07, 6.45) is 0.460. The first-order valence-corrected chi connectivity index (χ1v) is 7.03. The molecule has 0 saturated carbocycles. The van der Waals surface area contributed by atoms with Crippen molar-refractivity contribution >= 4 is 5.91 Å². The Labute approximate surface area is 121 Å². The van der Waals surface area contributed by atoms with E-state index in [1.165, 1.54) is 0 Å². The molecule has 1 atom stereocenters. The van der Waals surface area contributed by atoms with E-state index in [-0.39, 0.29) is 5.91 Å². The Balaban J connectivity index is 2.63. The molecular formula is C16H22N2O2. The van der Waals surface area contributed by atoms with Crippen molar-refractivity contribution in [2.75, 3.05) is 26.3 Å². The fraction of sp³-hybridized carbons (Fsp3) is 0.500. The highest BCUT2D eigenvalue weighted by atomic mass is 16.5. The Morgan fingerprint density at radius 3 is 2.60 bits per heavy atom. The monoisotopic (exact) mass is 274 g/mol. The van der Waals surface area contributed by atoms with Crippen molar-refractivity contribution in [2.45, 2.75) is 20.3 Å². The number of benzene rings is 1. The second kappa shape index (κ2) is 9.11. The van der Waals surface area contributed by atoms with Crippen LogP contribution < -0.4 is 0 Å². The number of rotatable bonds is 8. The maximum Gasteiger partial charge on any atom is 0.240 e. The van der Waals surface area contributed by atoms with Gasteiger partial charge in [0.15, 0.2) is 0 Å². The zero-order valence-electron chi connectivity index (χ0n) is 12.2. The topological polar surface area (TPSA) is 53.3 Å². The second-order valence-electron chi connectivity index (χ2n) is 4.49. The number of hydrogen-bond acceptors (Lipinski definition) is 3. The molecule has 0 aliphatic heterocycles. The molecule has 0 radical (unpaired) electrons. The third-order valence-corrected chi connectivity index (χ3v) is 3.14. The number of nitrogens with zero attached hydrogens (tertiary/aromatic N) is 2. The third-order valence-electron chi connectivity index (χ3n) is 3.14. The molecule has 4 nitrogen and oxygen atoms in total. The lowest BCUT2D eigenvalue weighted by Gasteiger charge is -2.23. The Kier molecular flexibility index (Phi) is 7.38. The first kappa shape index (κ1) is 16.2. The van der Waals surface area contributed by atoms with Gasteiger partial charge in [0.1, 0.15) is 5.92 Å². The van der Waals surface area contributed by atoms with Crippen LogP contribution in [0.4, 0.5) is 0 Å². The van der Waals surface area contributed by atoms with Crippen molar-refractivity contribution in [1.29, 1.82) is 5.26 Å². The first-order valence-electron chi connectivity index (χ1n) is 7.03. The van der Waals surface area contributed by atoms with Crippen LogP contribution in [0.3, 0.4) is 0 Å². The molecular weight excluding hydrogens is 252 g/mol. The Bertz CT molecular complexity index is 440. The third kappa shape index (κ3) is 5.02. The van der Waals surface area contributed by atoms with E-state index >= 15 is 0 Å². The van der Waals surface area contributed by atoms with Gasteiger partial charge in [-0.25, -0.2) is 0 Å². The van der Waals surface area contributed by atoms with Crippen LogP contribution in [0, 0.1) is 17.2 Å². The van der Waals surface area contributed by atoms with Gasteiger partial charge in [-0.2, -0.15) is 5.26 Å². The van der Waals surface area contributed by atoms with Gasteiger partial charge in [0.05, 0.1) is 12.7 Å². The molecule has 0 heterocycles. The number of carbonyl (C=O) groups is 1. The van der Waals surface area contributed by atoms with Crippen molar-refractivity contribution in [1.82, 2.24) is 4.90 Å². The lowest BCUT2D eigenvalue weighted by atomic mass is 9.99. The molecule has 108 valence electrons. The number of amides is 1. The smallest absolute Gasteiger partial charge is 0.240 e. The molecule has 0 aromatic heterocycles. The summed E-state index contributed by atoms with van der Waals surface area (Å²) >= 11 is 0. The van der Waals surface area contributed by atoms with E-state index in [0.29, 0.717) is 32.7 Å². The van der Waals surface area contributed by atoms with Gasteiger partial charge in [0.25, 0.3) is 0 Å². The molecule has 0 aliphatic carbocycles. The highest BCUT2D eigenvalue weighted by molar-refractivity contribution is 5.81. The summed E-state index contributed by atoms with van der Waals surface area (Å²) in [6, 6.07) is 11.8. The van der Waals surface area contributed by atoms with Gasteiger partial charge < -0.3 is 9.64 Å². The summed E-state index contributed by atoms with van der Waals surface area (Å²) < 4.78 is 5.27. The summed E-state index contributed by atoms with van der Waals surface area (Å²) in [6.45, 7) is 6.12. The lowest BCUT2D eigenvalue weighted by Crippen LogP contribution is -2.38. The summed E-state index contributed by atoms with van der Waals surface area (Å²) in [5.41, 5.74) is 1.01. The largest absolute Gasteiger partial charge is 0.380 e. The lowest BCUT2D eigenvalue weighted by molar-refractivity contribution is -0.134. The molecule has 0 spiro atoms. The van der Waals surface area contributed by atoms with E-state index in [1.54, 1.807) is 4.90 Å². The van der Waals surface area contributed by atoms with Crippen molar-refractivity contribution in [3.05, 3.63) is 35.9 Å². The number of hydrogen-bond donors (Lipinski definition) is 0. The summed E-state index contributed by atoms with van der Waals surface area (Å²) in [5, 5.41) is 9.25. The van der Waals surface area contributed by atoms with E-state index < -0.39 is 5.92 Å². The average molecular weight is 274 g/mol. The van der Waals surface area contributed by atoms with E-state index in [9.17, 15) is 10.1 Å². The van der Waals surface area contributed by atoms with Crippen LogP contribution in [-0.2, 0) is 16.0 Å². The Morgan fingerprint density at radius 1 is 1.35 bits per heavy atom. The molecule has 0 saturated heterocycles. The van der Waals surface area contributed by atoms with E-state index in [0.717, 1.165) is 5.56 Å². The van der Waals surface area contributed by atoms with Gasteiger partial charge in [-0.3, -0.25) is 4.79 Å². The fourth-order valence-corrected chi connectivity index (χ4v) is 2.00. The van der Waals surface area contributed by atoms with Crippen LogP contribution in [0.1, 0.15) is 19.4 Å². The molecule has 1 amide bonds. The summed E-state index contributed by atoms with van der Waals surface area (Å²) in [5.74, 6) is -0.738. The minimum Gasteiger partial charge on any atom is -0.380 e. The number of nitriles is 1. The van der Waals surface area contributed by atoms with E-state index in [4.69, 9.17) is 4.74 Å². The molecule has 20 heavy (non-hydrogen) atoms. The maximum absolute atomic E-state index is 12.4. The zero-order chi connectivity index (χ0) is 14.8. The highest BCUT2D eigenvalue weighted by Gasteiger charge is 2.23. The molecule has 0 aliphatic rings. The minimum atomic E-state index is -0.626. The maximum atomic E-state index is 12.4. The van der Waals surface area contributed by atoms with Crippen LogP contribution in [0.25, 0.3) is 0 Å². The Hall–Kier alpha value is -1.86. The predicted octanol–water partition coefficient (Wildman–Crippen LogP) is 2.25. The minimum absolute atomic E-state index is 0.112. The standard InChI is InChI=1S/C16H22N2O2/c1-3-18(10-11-20-4-2)16(19)15(13-17)12-14-8-6-5-7-9-14/h5-9,15H,3-4,10-12H2,1-2H3.